The van der Waals surface area contributed by atoms with Crippen molar-refractivity contribution in [2.45, 2.75) is 12.7 Å². The molecule has 1 unspecified atom stereocenters. The van der Waals surface area contributed by atoms with Crippen molar-refractivity contribution in [1.82, 2.24) is 0 Å². The van der Waals surface area contributed by atoms with E-state index in [4.69, 9.17) is 26.2 Å². The van der Waals surface area contributed by atoms with Gasteiger partial charge in [-0.1, -0.05) is 0 Å². The molecule has 2 rings (SSSR count). The molecule has 1 atom stereocenters. The van der Waals surface area contributed by atoms with Crippen LogP contribution in [0.15, 0.2) is 48.5 Å². The van der Waals surface area contributed by atoms with Gasteiger partial charge in [-0.05, 0) is 48.5 Å². The second kappa shape index (κ2) is 8.67. The number of hydrogen-bond donors (Lipinski definition) is 3. The third-order valence-corrected chi connectivity index (χ3v) is 3.13. The topological polar surface area (TPSA) is 134 Å². The number of rotatable bonds is 7. The Morgan fingerprint density at radius 1 is 0.880 bits per heavy atom. The maximum Gasteiger partial charge on any atom is 0.373 e. The fourth-order valence-corrected chi connectivity index (χ4v) is 1.80. The molecule has 2 aromatic carbocycles. The standard InChI is InChI=1S/C17H18N2O6/c18-13-5-1-11(2-6-13)16(21)23-15(9-10-20)24-25-17(22)12-3-7-14(19)8-4-12/h1-8,15,20H,9-10,18-19H2. The summed E-state index contributed by atoms with van der Waals surface area (Å²) in [6, 6.07) is 12.0. The molecule has 2 aromatic rings. The number of esters is 1. The van der Waals surface area contributed by atoms with Crippen molar-refractivity contribution >= 4 is 23.3 Å². The van der Waals surface area contributed by atoms with Gasteiger partial charge in [-0.25, -0.2) is 9.59 Å². The SMILES string of the molecule is Nc1ccc(C(=O)OOC(CCO)OC(=O)c2ccc(N)cc2)cc1. The Labute approximate surface area is 143 Å². The van der Waals surface area contributed by atoms with Crippen LogP contribution in [0.4, 0.5) is 11.4 Å². The normalized spacial score (nSPS) is 11.6. The zero-order chi connectivity index (χ0) is 18.2. The Bertz CT molecular complexity index is 715. The molecule has 0 saturated heterocycles. The molecule has 5 N–H and O–H groups in total. The number of anilines is 2. The number of carbonyl (C=O) groups excluding carboxylic acids is 2. The van der Waals surface area contributed by atoms with Crippen LogP contribution in [0.5, 0.6) is 0 Å². The number of aliphatic hydroxyl groups excluding tert-OH is 1. The molecular formula is C17H18N2O6. The molecule has 0 aliphatic rings. The quantitative estimate of drug-likeness (QED) is 0.226. The van der Waals surface area contributed by atoms with Crippen LogP contribution in [0, 0.1) is 0 Å². The van der Waals surface area contributed by atoms with Crippen LogP contribution >= 0.6 is 0 Å². The summed E-state index contributed by atoms with van der Waals surface area (Å²) in [7, 11) is 0. The number of benzene rings is 2. The highest BCUT2D eigenvalue weighted by atomic mass is 17.2. The molecule has 0 aliphatic carbocycles. The Balaban J connectivity index is 1.93. The van der Waals surface area contributed by atoms with Gasteiger partial charge in [-0.3, -0.25) is 4.89 Å². The van der Waals surface area contributed by atoms with Gasteiger partial charge in [-0.15, -0.1) is 4.89 Å². The van der Waals surface area contributed by atoms with E-state index in [9.17, 15) is 9.59 Å². The van der Waals surface area contributed by atoms with E-state index in [-0.39, 0.29) is 24.2 Å². The zero-order valence-corrected chi connectivity index (χ0v) is 13.3. The van der Waals surface area contributed by atoms with E-state index in [2.05, 4.69) is 4.89 Å². The largest absolute Gasteiger partial charge is 0.428 e. The number of carbonyl (C=O) groups is 2. The zero-order valence-electron chi connectivity index (χ0n) is 13.3. The molecule has 0 heterocycles. The molecule has 0 radical (unpaired) electrons. The van der Waals surface area contributed by atoms with Gasteiger partial charge in [-0.2, -0.15) is 0 Å². The van der Waals surface area contributed by atoms with E-state index in [0.717, 1.165) is 0 Å². The first kappa shape index (κ1) is 18.2. The molecule has 0 aromatic heterocycles. The van der Waals surface area contributed by atoms with E-state index < -0.39 is 18.2 Å². The Kier molecular flexibility index (Phi) is 6.33. The van der Waals surface area contributed by atoms with Crippen LogP contribution in [-0.2, 0) is 14.5 Å². The van der Waals surface area contributed by atoms with Crippen LogP contribution in [0.1, 0.15) is 27.1 Å². The fourth-order valence-electron chi connectivity index (χ4n) is 1.80. The minimum atomic E-state index is -1.26. The first-order chi connectivity index (χ1) is 12.0. The van der Waals surface area contributed by atoms with Crippen molar-refractivity contribution in [1.29, 1.82) is 0 Å². The average molecular weight is 346 g/mol. The molecule has 132 valence electrons. The predicted octanol–water partition coefficient (Wildman–Crippen LogP) is 1.50. The summed E-state index contributed by atoms with van der Waals surface area (Å²) in [4.78, 5) is 33.4. The molecule has 0 bridgehead atoms. The number of nitrogens with two attached hydrogens (primary N) is 2. The van der Waals surface area contributed by atoms with Gasteiger partial charge in [0.05, 0.1) is 11.1 Å². The second-order valence-electron chi connectivity index (χ2n) is 5.06. The molecule has 25 heavy (non-hydrogen) atoms. The average Bonchev–Trinajstić information content (AvgIpc) is 2.60. The Morgan fingerprint density at radius 2 is 1.36 bits per heavy atom. The third kappa shape index (κ3) is 5.48. The van der Waals surface area contributed by atoms with Crippen LogP contribution in [0.25, 0.3) is 0 Å². The van der Waals surface area contributed by atoms with Crippen LogP contribution < -0.4 is 11.5 Å². The van der Waals surface area contributed by atoms with Crippen LogP contribution in [0.3, 0.4) is 0 Å². The van der Waals surface area contributed by atoms with Crippen LogP contribution in [0.2, 0.25) is 0 Å². The highest BCUT2D eigenvalue weighted by Gasteiger charge is 2.20. The molecule has 8 nitrogen and oxygen atoms in total. The van der Waals surface area contributed by atoms with E-state index in [1.54, 1.807) is 12.1 Å². The molecule has 0 amide bonds. The fraction of sp³-hybridized carbons (Fsp3) is 0.176. The van der Waals surface area contributed by atoms with Crippen LogP contribution in [-0.4, -0.2) is 29.9 Å². The first-order valence-electron chi connectivity index (χ1n) is 7.40. The highest BCUT2D eigenvalue weighted by Crippen LogP contribution is 2.12. The summed E-state index contributed by atoms with van der Waals surface area (Å²) in [5, 5.41) is 9.03. The van der Waals surface area contributed by atoms with Gasteiger partial charge in [0.1, 0.15) is 0 Å². The van der Waals surface area contributed by atoms with Gasteiger partial charge in [0.25, 0.3) is 0 Å². The summed E-state index contributed by atoms with van der Waals surface area (Å²) >= 11 is 0. The molecule has 0 fully saturated rings. The number of ether oxygens (including phenoxy) is 1. The maximum atomic E-state index is 12.0. The molecule has 0 spiro atoms. The minimum Gasteiger partial charge on any atom is -0.428 e. The van der Waals surface area contributed by atoms with Gasteiger partial charge >= 0.3 is 11.9 Å². The smallest absolute Gasteiger partial charge is 0.373 e. The number of hydrogen-bond acceptors (Lipinski definition) is 8. The van der Waals surface area contributed by atoms with E-state index in [1.165, 1.54) is 36.4 Å². The Morgan fingerprint density at radius 3 is 1.84 bits per heavy atom. The van der Waals surface area contributed by atoms with E-state index >= 15 is 0 Å². The van der Waals surface area contributed by atoms with Crippen molar-refractivity contribution in [2.75, 3.05) is 18.1 Å². The predicted molar refractivity (Wildman–Crippen MR) is 89.1 cm³/mol. The summed E-state index contributed by atoms with van der Waals surface area (Å²) in [5.41, 5.74) is 12.5. The lowest BCUT2D eigenvalue weighted by atomic mass is 10.2. The summed E-state index contributed by atoms with van der Waals surface area (Å²) in [6.45, 7) is -0.334. The summed E-state index contributed by atoms with van der Waals surface area (Å²) in [6.07, 6.45) is -1.33. The molecule has 8 heteroatoms. The molecular weight excluding hydrogens is 328 g/mol. The van der Waals surface area contributed by atoms with Gasteiger partial charge in [0.15, 0.2) is 0 Å². The van der Waals surface area contributed by atoms with Crippen molar-refractivity contribution < 1.29 is 29.2 Å². The Hall–Kier alpha value is -3.10. The number of nitrogen functional groups attached to an aromatic ring is 2. The highest BCUT2D eigenvalue weighted by molar-refractivity contribution is 5.90. The van der Waals surface area contributed by atoms with Gasteiger partial charge in [0, 0.05) is 24.4 Å². The molecule has 0 saturated carbocycles. The summed E-state index contributed by atoms with van der Waals surface area (Å²) < 4.78 is 5.06. The third-order valence-electron chi connectivity index (χ3n) is 3.13. The molecule has 0 aliphatic heterocycles. The van der Waals surface area contributed by atoms with E-state index in [1.807, 2.05) is 0 Å². The van der Waals surface area contributed by atoms with Gasteiger partial charge in [0.2, 0.25) is 6.29 Å². The lowest BCUT2D eigenvalue weighted by molar-refractivity contribution is -0.328. The van der Waals surface area contributed by atoms with Crippen molar-refractivity contribution in [2.24, 2.45) is 0 Å². The van der Waals surface area contributed by atoms with Gasteiger partial charge < -0.3 is 21.3 Å². The van der Waals surface area contributed by atoms with Crippen molar-refractivity contribution in [3.63, 3.8) is 0 Å². The second-order valence-corrected chi connectivity index (χ2v) is 5.06. The number of aliphatic hydroxyl groups is 1. The van der Waals surface area contributed by atoms with E-state index in [0.29, 0.717) is 11.4 Å². The minimum absolute atomic E-state index is 0.0737. The lowest BCUT2D eigenvalue weighted by Crippen LogP contribution is -2.24. The maximum absolute atomic E-state index is 12.0. The lowest BCUT2D eigenvalue weighted by Gasteiger charge is -2.16. The summed E-state index contributed by atoms with van der Waals surface area (Å²) in [5.74, 6) is -1.49. The van der Waals surface area contributed by atoms with Crippen molar-refractivity contribution in [3.8, 4) is 0 Å². The monoisotopic (exact) mass is 346 g/mol. The first-order valence-corrected chi connectivity index (χ1v) is 7.40. The van der Waals surface area contributed by atoms with Crippen molar-refractivity contribution in [3.05, 3.63) is 59.7 Å².